The van der Waals surface area contributed by atoms with Crippen LogP contribution >= 0.6 is 0 Å². The highest BCUT2D eigenvalue weighted by Crippen LogP contribution is 2.43. The number of hydrogen-bond donors (Lipinski definition) is 1. The number of nitrogens with one attached hydrogen (secondary N) is 1. The Hall–Kier alpha value is -3.81. The highest BCUT2D eigenvalue weighted by atomic mass is 16.6. The van der Waals surface area contributed by atoms with Crippen LogP contribution in [0.2, 0.25) is 0 Å². The molecular weight excluding hydrogens is 378 g/mol. The Morgan fingerprint density at radius 1 is 1.10 bits per heavy atom. The highest BCUT2D eigenvalue weighted by Gasteiger charge is 2.36. The van der Waals surface area contributed by atoms with Crippen LogP contribution in [0.15, 0.2) is 51.9 Å². The van der Waals surface area contributed by atoms with E-state index in [2.05, 4.69) is 5.32 Å². The van der Waals surface area contributed by atoms with E-state index in [1.54, 1.807) is 30.3 Å². The number of rotatable bonds is 5. The Balaban J connectivity index is 1.56. The summed E-state index contributed by atoms with van der Waals surface area (Å²) in [5.41, 5.74) is 1.48. The van der Waals surface area contributed by atoms with Gasteiger partial charge >= 0.3 is 5.97 Å². The molecule has 2 heterocycles. The van der Waals surface area contributed by atoms with E-state index in [9.17, 15) is 14.4 Å². The standard InChI is InChI=1S/C21H17NO7/c1-26-16-6-4-12-17(29-21(25)19(12)20(16)27-2)10-18(24)22-11-3-5-15-13(9-11)14(23)7-8-28-15/h3-9,17H,10H2,1-2H3,(H,22,24)/t17-/m1/s1. The predicted molar refractivity (Wildman–Crippen MR) is 103 cm³/mol. The first kappa shape index (κ1) is 18.5. The number of amides is 1. The van der Waals surface area contributed by atoms with Crippen molar-refractivity contribution >= 4 is 28.5 Å². The molecule has 29 heavy (non-hydrogen) atoms. The molecular formula is C21H17NO7. The molecule has 4 rings (SSSR count). The molecule has 8 heteroatoms. The smallest absolute Gasteiger partial charge is 0.343 e. The second kappa shape index (κ2) is 7.31. The van der Waals surface area contributed by atoms with Gasteiger partial charge in [0.1, 0.15) is 17.3 Å². The van der Waals surface area contributed by atoms with Gasteiger partial charge in [0.25, 0.3) is 0 Å². The molecule has 8 nitrogen and oxygen atoms in total. The predicted octanol–water partition coefficient (Wildman–Crippen LogP) is 3.05. The van der Waals surface area contributed by atoms with Gasteiger partial charge in [0, 0.05) is 17.3 Å². The minimum Gasteiger partial charge on any atom is -0.493 e. The van der Waals surface area contributed by atoms with Gasteiger partial charge in [-0.25, -0.2) is 4.79 Å². The normalized spacial score (nSPS) is 15.0. The number of carbonyl (C=O) groups excluding carboxylic acids is 2. The summed E-state index contributed by atoms with van der Waals surface area (Å²) in [6.45, 7) is 0. The zero-order valence-corrected chi connectivity index (χ0v) is 15.7. The Bertz CT molecular complexity index is 1180. The molecule has 0 bridgehead atoms. The monoisotopic (exact) mass is 395 g/mol. The van der Waals surface area contributed by atoms with Gasteiger partial charge < -0.3 is 23.9 Å². The van der Waals surface area contributed by atoms with E-state index in [0.29, 0.717) is 28.0 Å². The van der Waals surface area contributed by atoms with Gasteiger partial charge in [-0.3, -0.25) is 9.59 Å². The van der Waals surface area contributed by atoms with E-state index in [1.165, 1.54) is 26.5 Å². The maximum absolute atomic E-state index is 12.5. The minimum absolute atomic E-state index is 0.0876. The van der Waals surface area contributed by atoms with Crippen molar-refractivity contribution in [3.8, 4) is 11.5 Å². The molecule has 148 valence electrons. The number of cyclic esters (lactones) is 1. The van der Waals surface area contributed by atoms with Crippen molar-refractivity contribution in [3.05, 3.63) is 64.0 Å². The van der Waals surface area contributed by atoms with E-state index < -0.39 is 12.1 Å². The van der Waals surface area contributed by atoms with Crippen LogP contribution in [-0.2, 0) is 9.53 Å². The van der Waals surface area contributed by atoms with Crippen LogP contribution in [0.25, 0.3) is 11.0 Å². The Kier molecular flexibility index (Phi) is 4.67. The molecule has 1 aliphatic heterocycles. The lowest BCUT2D eigenvalue weighted by atomic mass is 10.0. The molecule has 0 saturated heterocycles. The van der Waals surface area contributed by atoms with Crippen molar-refractivity contribution < 1.29 is 28.2 Å². The van der Waals surface area contributed by atoms with E-state index in [1.807, 2.05) is 0 Å². The highest BCUT2D eigenvalue weighted by molar-refractivity contribution is 5.99. The SMILES string of the molecule is COc1ccc2c(c1OC)C(=O)O[C@@H]2CC(=O)Nc1ccc2occc(=O)c2c1. The summed E-state index contributed by atoms with van der Waals surface area (Å²) in [6.07, 6.45) is 0.483. The third-order valence-electron chi connectivity index (χ3n) is 4.69. The fraction of sp³-hybridized carbons (Fsp3) is 0.190. The number of fused-ring (bicyclic) bond motifs is 2. The molecule has 0 fully saturated rings. The van der Waals surface area contributed by atoms with Crippen molar-refractivity contribution in [1.82, 2.24) is 0 Å². The second-order valence-electron chi connectivity index (χ2n) is 6.41. The summed E-state index contributed by atoms with van der Waals surface area (Å²) in [5.74, 6) is -0.260. The van der Waals surface area contributed by atoms with Crippen LogP contribution in [0.1, 0.15) is 28.4 Å². The topological polar surface area (TPSA) is 104 Å². The molecule has 1 aromatic heterocycles. The summed E-state index contributed by atoms with van der Waals surface area (Å²) < 4.78 is 21.1. The number of anilines is 1. The van der Waals surface area contributed by atoms with Crippen LogP contribution in [0.4, 0.5) is 5.69 Å². The first-order valence-electron chi connectivity index (χ1n) is 8.79. The first-order valence-corrected chi connectivity index (χ1v) is 8.79. The molecule has 0 radical (unpaired) electrons. The van der Waals surface area contributed by atoms with Gasteiger partial charge in [-0.1, -0.05) is 6.07 Å². The summed E-state index contributed by atoms with van der Waals surface area (Å²) >= 11 is 0. The number of benzene rings is 2. The number of ether oxygens (including phenoxy) is 3. The first-order chi connectivity index (χ1) is 14.0. The average Bonchev–Trinajstić information content (AvgIpc) is 3.03. The van der Waals surface area contributed by atoms with Gasteiger partial charge in [-0.15, -0.1) is 0 Å². The van der Waals surface area contributed by atoms with E-state index in [0.717, 1.165) is 0 Å². The van der Waals surface area contributed by atoms with Crippen LogP contribution < -0.4 is 20.2 Å². The van der Waals surface area contributed by atoms with Crippen LogP contribution in [-0.4, -0.2) is 26.1 Å². The zero-order valence-electron chi connectivity index (χ0n) is 15.7. The largest absolute Gasteiger partial charge is 0.493 e. The Morgan fingerprint density at radius 3 is 2.69 bits per heavy atom. The van der Waals surface area contributed by atoms with Crippen molar-refractivity contribution in [2.45, 2.75) is 12.5 Å². The maximum Gasteiger partial charge on any atom is 0.343 e. The van der Waals surface area contributed by atoms with E-state index in [-0.39, 0.29) is 29.1 Å². The number of esters is 1. The number of carbonyl (C=O) groups is 2. The summed E-state index contributed by atoms with van der Waals surface area (Å²) in [7, 11) is 2.90. The molecule has 0 unspecified atom stereocenters. The molecule has 1 amide bonds. The van der Waals surface area contributed by atoms with Crippen LogP contribution in [0.3, 0.4) is 0 Å². The Morgan fingerprint density at radius 2 is 1.93 bits per heavy atom. The summed E-state index contributed by atoms with van der Waals surface area (Å²) in [6, 6.07) is 9.43. The summed E-state index contributed by atoms with van der Waals surface area (Å²) in [4.78, 5) is 36.8. The average molecular weight is 395 g/mol. The molecule has 0 saturated carbocycles. The third-order valence-corrected chi connectivity index (χ3v) is 4.69. The lowest BCUT2D eigenvalue weighted by Gasteiger charge is -2.12. The van der Waals surface area contributed by atoms with Crippen molar-refractivity contribution in [2.24, 2.45) is 0 Å². The quantitative estimate of drug-likeness (QED) is 0.662. The lowest BCUT2D eigenvalue weighted by Crippen LogP contribution is -2.16. The fourth-order valence-electron chi connectivity index (χ4n) is 3.37. The van der Waals surface area contributed by atoms with Gasteiger partial charge in [0.05, 0.1) is 32.3 Å². The number of hydrogen-bond acceptors (Lipinski definition) is 7. The van der Waals surface area contributed by atoms with Crippen molar-refractivity contribution in [2.75, 3.05) is 19.5 Å². The summed E-state index contributed by atoms with van der Waals surface area (Å²) in [5, 5.41) is 3.08. The number of methoxy groups -OCH3 is 2. The molecule has 1 N–H and O–H groups in total. The van der Waals surface area contributed by atoms with E-state index >= 15 is 0 Å². The molecule has 3 aromatic rings. The second-order valence-corrected chi connectivity index (χ2v) is 6.41. The lowest BCUT2D eigenvalue weighted by molar-refractivity contribution is -0.118. The van der Waals surface area contributed by atoms with Gasteiger partial charge in [0.15, 0.2) is 16.9 Å². The molecule has 0 spiro atoms. The minimum atomic E-state index is -0.747. The maximum atomic E-state index is 12.5. The molecule has 2 aromatic carbocycles. The fourth-order valence-corrected chi connectivity index (χ4v) is 3.37. The Labute approximate surface area is 165 Å². The molecule has 0 aliphatic carbocycles. The van der Waals surface area contributed by atoms with Crippen molar-refractivity contribution in [3.63, 3.8) is 0 Å². The van der Waals surface area contributed by atoms with E-state index in [4.69, 9.17) is 18.6 Å². The molecule has 1 aliphatic rings. The van der Waals surface area contributed by atoms with Gasteiger partial charge in [-0.05, 0) is 24.3 Å². The molecule has 1 atom stereocenters. The van der Waals surface area contributed by atoms with Crippen LogP contribution in [0.5, 0.6) is 11.5 Å². The third kappa shape index (κ3) is 3.29. The van der Waals surface area contributed by atoms with Gasteiger partial charge in [-0.2, -0.15) is 0 Å². The van der Waals surface area contributed by atoms with Crippen LogP contribution in [0, 0.1) is 0 Å². The zero-order chi connectivity index (χ0) is 20.5. The van der Waals surface area contributed by atoms with Gasteiger partial charge in [0.2, 0.25) is 5.91 Å². The van der Waals surface area contributed by atoms with Crippen molar-refractivity contribution in [1.29, 1.82) is 0 Å².